The minimum absolute atomic E-state index is 0.0162. The van der Waals surface area contributed by atoms with Crippen molar-refractivity contribution in [3.05, 3.63) is 47.1 Å². The predicted molar refractivity (Wildman–Crippen MR) is 96.6 cm³/mol. The summed E-state index contributed by atoms with van der Waals surface area (Å²) in [7, 11) is 0. The zero-order chi connectivity index (χ0) is 21.2. The standard InChI is InChI=1S/C18H15ClF3N3O4/c19-13-4-2-11(3-5-13)14-8-12(9-23-15(14)29-10-18(20,21)22)16(26)24-6-1-7-25(24)17(27)28/h2-5,8-9H,1,6-7,10H2,(H,27,28). The lowest BCUT2D eigenvalue weighted by Gasteiger charge is -2.25. The van der Waals surface area contributed by atoms with Crippen LogP contribution in [0.15, 0.2) is 36.5 Å². The molecule has 11 heteroatoms. The first kappa shape index (κ1) is 20.7. The number of ether oxygens (including phenoxy) is 1. The second-order valence-corrected chi connectivity index (χ2v) is 6.61. The summed E-state index contributed by atoms with van der Waals surface area (Å²) in [4.78, 5) is 27.9. The van der Waals surface area contributed by atoms with Crippen LogP contribution >= 0.6 is 11.6 Å². The van der Waals surface area contributed by atoms with Gasteiger partial charge in [0.2, 0.25) is 5.88 Å². The van der Waals surface area contributed by atoms with E-state index < -0.39 is 24.8 Å². The number of carbonyl (C=O) groups is 2. The molecule has 1 fully saturated rings. The highest BCUT2D eigenvalue weighted by Gasteiger charge is 2.32. The van der Waals surface area contributed by atoms with Gasteiger partial charge in [0.15, 0.2) is 6.61 Å². The molecule has 0 radical (unpaired) electrons. The molecule has 1 N–H and O–H groups in total. The third-order valence-electron chi connectivity index (χ3n) is 4.11. The summed E-state index contributed by atoms with van der Waals surface area (Å²) in [5, 5.41) is 11.6. The molecule has 154 valence electrons. The molecule has 2 amide bonds. The molecule has 1 aliphatic rings. The molecular formula is C18H15ClF3N3O4. The van der Waals surface area contributed by atoms with E-state index in [2.05, 4.69) is 4.98 Å². The lowest BCUT2D eigenvalue weighted by atomic mass is 10.0. The molecule has 1 saturated heterocycles. The Hall–Kier alpha value is -3.01. The first-order chi connectivity index (χ1) is 13.7. The summed E-state index contributed by atoms with van der Waals surface area (Å²) in [6.45, 7) is -1.17. The molecule has 0 aliphatic carbocycles. The van der Waals surface area contributed by atoms with Crippen molar-refractivity contribution in [2.24, 2.45) is 0 Å². The quantitative estimate of drug-likeness (QED) is 0.791. The van der Waals surface area contributed by atoms with Gasteiger partial charge in [0.1, 0.15) is 0 Å². The third kappa shape index (κ3) is 4.89. The van der Waals surface area contributed by atoms with Gasteiger partial charge in [0.05, 0.1) is 5.56 Å². The van der Waals surface area contributed by atoms with Crippen LogP contribution in [0.5, 0.6) is 5.88 Å². The lowest BCUT2D eigenvalue weighted by Crippen LogP contribution is -2.44. The van der Waals surface area contributed by atoms with Gasteiger partial charge in [-0.25, -0.2) is 19.8 Å². The first-order valence-electron chi connectivity index (χ1n) is 8.43. The Morgan fingerprint density at radius 1 is 1.17 bits per heavy atom. The van der Waals surface area contributed by atoms with Gasteiger partial charge in [-0.2, -0.15) is 13.2 Å². The fourth-order valence-electron chi connectivity index (χ4n) is 2.84. The van der Waals surface area contributed by atoms with Crippen LogP contribution in [-0.2, 0) is 0 Å². The summed E-state index contributed by atoms with van der Waals surface area (Å²) in [5.41, 5.74) is 0.602. The summed E-state index contributed by atoms with van der Waals surface area (Å²) in [6.07, 6.45) is -4.30. The molecule has 2 aromatic rings. The Morgan fingerprint density at radius 3 is 2.45 bits per heavy atom. The number of hydrazine groups is 1. The lowest BCUT2D eigenvalue weighted by molar-refractivity contribution is -0.154. The molecule has 1 aromatic heterocycles. The maximum absolute atomic E-state index is 12.8. The molecule has 0 atom stereocenters. The number of alkyl halides is 3. The van der Waals surface area contributed by atoms with Gasteiger partial charge in [-0.05, 0) is 30.2 Å². The van der Waals surface area contributed by atoms with Crippen molar-refractivity contribution in [3.63, 3.8) is 0 Å². The number of halogens is 4. The number of carboxylic acid groups (broad SMARTS) is 1. The van der Waals surface area contributed by atoms with Crippen LogP contribution in [-0.4, -0.2) is 58.0 Å². The van der Waals surface area contributed by atoms with Gasteiger partial charge >= 0.3 is 12.3 Å². The highest BCUT2D eigenvalue weighted by atomic mass is 35.5. The van der Waals surface area contributed by atoms with E-state index in [1.54, 1.807) is 12.1 Å². The van der Waals surface area contributed by atoms with E-state index >= 15 is 0 Å². The van der Waals surface area contributed by atoms with Crippen molar-refractivity contribution in [2.45, 2.75) is 12.6 Å². The average molecular weight is 430 g/mol. The van der Waals surface area contributed by atoms with Crippen LogP contribution in [0.4, 0.5) is 18.0 Å². The molecule has 0 saturated carbocycles. The van der Waals surface area contributed by atoms with E-state index in [0.29, 0.717) is 17.0 Å². The second-order valence-electron chi connectivity index (χ2n) is 6.18. The van der Waals surface area contributed by atoms with Crippen LogP contribution in [0, 0.1) is 0 Å². The van der Waals surface area contributed by atoms with Crippen LogP contribution in [0.2, 0.25) is 5.02 Å². The van der Waals surface area contributed by atoms with E-state index in [4.69, 9.17) is 16.3 Å². The number of rotatable bonds is 4. The SMILES string of the molecule is O=C(O)N1CCCN1C(=O)c1cnc(OCC(F)(F)F)c(-c2ccc(Cl)cc2)c1. The molecule has 1 aromatic carbocycles. The number of hydrogen-bond acceptors (Lipinski definition) is 4. The Morgan fingerprint density at radius 2 is 1.83 bits per heavy atom. The third-order valence-corrected chi connectivity index (χ3v) is 4.36. The number of amides is 2. The van der Waals surface area contributed by atoms with E-state index in [1.807, 2.05) is 0 Å². The van der Waals surface area contributed by atoms with Crippen molar-refractivity contribution in [3.8, 4) is 17.0 Å². The second kappa shape index (κ2) is 8.16. The molecule has 0 unspecified atom stereocenters. The molecule has 0 bridgehead atoms. The van der Waals surface area contributed by atoms with E-state index in [1.165, 1.54) is 18.2 Å². The Balaban J connectivity index is 1.97. The van der Waals surface area contributed by atoms with Crippen molar-refractivity contribution < 1.29 is 32.6 Å². The molecular weight excluding hydrogens is 415 g/mol. The fraction of sp³-hybridized carbons (Fsp3) is 0.278. The number of nitrogens with zero attached hydrogens (tertiary/aromatic N) is 3. The van der Waals surface area contributed by atoms with E-state index in [-0.39, 0.29) is 30.1 Å². The molecule has 1 aliphatic heterocycles. The van der Waals surface area contributed by atoms with Gasteiger partial charge < -0.3 is 9.84 Å². The van der Waals surface area contributed by atoms with Crippen LogP contribution in [0.3, 0.4) is 0 Å². The van der Waals surface area contributed by atoms with Crippen LogP contribution in [0.25, 0.3) is 11.1 Å². The predicted octanol–water partition coefficient (Wildman–Crippen LogP) is 4.08. The van der Waals surface area contributed by atoms with E-state index in [0.717, 1.165) is 16.2 Å². The van der Waals surface area contributed by atoms with Crippen LogP contribution in [0.1, 0.15) is 16.8 Å². The first-order valence-corrected chi connectivity index (χ1v) is 8.81. The minimum Gasteiger partial charge on any atom is -0.468 e. The number of pyridine rings is 1. The van der Waals surface area contributed by atoms with Crippen molar-refractivity contribution >= 4 is 23.6 Å². The number of hydrogen-bond donors (Lipinski definition) is 1. The van der Waals surface area contributed by atoms with Crippen molar-refractivity contribution in [1.29, 1.82) is 0 Å². The maximum Gasteiger partial charge on any atom is 0.426 e. The monoisotopic (exact) mass is 429 g/mol. The molecule has 29 heavy (non-hydrogen) atoms. The largest absolute Gasteiger partial charge is 0.468 e. The Kier molecular flexibility index (Phi) is 5.83. The van der Waals surface area contributed by atoms with Gasteiger partial charge in [-0.15, -0.1) is 0 Å². The number of benzene rings is 1. The highest BCUT2D eigenvalue weighted by Crippen LogP contribution is 2.32. The van der Waals surface area contributed by atoms with Crippen molar-refractivity contribution in [2.75, 3.05) is 19.7 Å². The van der Waals surface area contributed by atoms with Crippen molar-refractivity contribution in [1.82, 2.24) is 15.0 Å². The van der Waals surface area contributed by atoms with E-state index in [9.17, 15) is 27.9 Å². The fourth-order valence-corrected chi connectivity index (χ4v) is 2.97. The number of carbonyl (C=O) groups excluding carboxylic acids is 1. The molecule has 3 rings (SSSR count). The molecule has 0 spiro atoms. The normalized spacial score (nSPS) is 14.2. The zero-order valence-electron chi connectivity index (χ0n) is 14.8. The smallest absolute Gasteiger partial charge is 0.426 e. The summed E-state index contributed by atoms with van der Waals surface area (Å²) in [6, 6.07) is 7.49. The highest BCUT2D eigenvalue weighted by molar-refractivity contribution is 6.30. The number of aromatic nitrogens is 1. The van der Waals surface area contributed by atoms with Gasteiger partial charge in [0, 0.05) is 29.9 Å². The Bertz CT molecular complexity index is 922. The van der Waals surface area contributed by atoms with Gasteiger partial charge in [0.25, 0.3) is 5.91 Å². The summed E-state index contributed by atoms with van der Waals surface area (Å²) < 4.78 is 42.5. The van der Waals surface area contributed by atoms with Crippen LogP contribution < -0.4 is 4.74 Å². The minimum atomic E-state index is -4.56. The molecule has 7 nitrogen and oxygen atoms in total. The van der Waals surface area contributed by atoms with Gasteiger partial charge in [-0.1, -0.05) is 23.7 Å². The van der Waals surface area contributed by atoms with Gasteiger partial charge in [-0.3, -0.25) is 4.79 Å². The molecule has 2 heterocycles. The Labute approximate surface area is 168 Å². The summed E-state index contributed by atoms with van der Waals surface area (Å²) in [5.74, 6) is -0.937. The maximum atomic E-state index is 12.8. The topological polar surface area (TPSA) is 83.0 Å². The average Bonchev–Trinajstić information content (AvgIpc) is 3.16. The summed E-state index contributed by atoms with van der Waals surface area (Å²) >= 11 is 5.86. The zero-order valence-corrected chi connectivity index (χ0v) is 15.6.